The molecule has 0 saturated carbocycles. The zero-order valence-corrected chi connectivity index (χ0v) is 8.92. The third kappa shape index (κ3) is 2.16. The largest absolute Gasteiger partial charge is 0.465 e. The highest BCUT2D eigenvalue weighted by Crippen LogP contribution is 2.15. The van der Waals surface area contributed by atoms with Crippen LogP contribution in [0.25, 0.3) is 0 Å². The van der Waals surface area contributed by atoms with Crippen molar-refractivity contribution >= 4 is 0 Å². The van der Waals surface area contributed by atoms with Gasteiger partial charge >= 0.3 is 5.63 Å². The lowest BCUT2D eigenvalue weighted by atomic mass is 10.1. The molecule has 0 unspecified atom stereocenters. The van der Waals surface area contributed by atoms with Crippen LogP contribution in [0.15, 0.2) is 15.3 Å². The SMILES string of the molecule is CCOc1cc(CC)c(CC)c(=O)o1. The van der Waals surface area contributed by atoms with E-state index < -0.39 is 0 Å². The van der Waals surface area contributed by atoms with Crippen LogP contribution in [-0.2, 0) is 12.8 Å². The molecule has 0 radical (unpaired) electrons. The summed E-state index contributed by atoms with van der Waals surface area (Å²) in [7, 11) is 0. The monoisotopic (exact) mass is 196 g/mol. The molecular weight excluding hydrogens is 180 g/mol. The summed E-state index contributed by atoms with van der Waals surface area (Å²) in [5.74, 6) is 0.326. The van der Waals surface area contributed by atoms with E-state index in [0.717, 1.165) is 17.5 Å². The zero-order chi connectivity index (χ0) is 10.6. The molecule has 1 aromatic rings. The maximum Gasteiger partial charge on any atom is 0.342 e. The summed E-state index contributed by atoms with van der Waals surface area (Å²) in [5.41, 5.74) is 1.51. The fourth-order valence-electron chi connectivity index (χ4n) is 1.44. The summed E-state index contributed by atoms with van der Waals surface area (Å²) < 4.78 is 10.2. The molecule has 0 aliphatic carbocycles. The van der Waals surface area contributed by atoms with Crippen molar-refractivity contribution in [1.29, 1.82) is 0 Å². The minimum absolute atomic E-state index is 0.268. The number of rotatable bonds is 4. The Morgan fingerprint density at radius 3 is 2.50 bits per heavy atom. The summed E-state index contributed by atoms with van der Waals surface area (Å²) in [6, 6.07) is 1.81. The third-order valence-electron chi connectivity index (χ3n) is 2.14. The van der Waals surface area contributed by atoms with Crippen LogP contribution in [0.5, 0.6) is 5.95 Å². The molecule has 14 heavy (non-hydrogen) atoms. The van der Waals surface area contributed by atoms with Crippen molar-refractivity contribution in [3.63, 3.8) is 0 Å². The summed E-state index contributed by atoms with van der Waals surface area (Å²) in [6.07, 6.45) is 1.53. The first kappa shape index (κ1) is 10.8. The van der Waals surface area contributed by atoms with Crippen LogP contribution in [0.4, 0.5) is 0 Å². The van der Waals surface area contributed by atoms with Gasteiger partial charge in [0.05, 0.1) is 6.61 Å². The van der Waals surface area contributed by atoms with E-state index in [2.05, 4.69) is 0 Å². The molecule has 0 aliphatic rings. The lowest BCUT2D eigenvalue weighted by Crippen LogP contribution is -2.11. The standard InChI is InChI=1S/C11H16O3/c1-4-8-7-10(13-6-3)14-11(12)9(8)5-2/h7H,4-6H2,1-3H3. The molecule has 1 heterocycles. The van der Waals surface area contributed by atoms with Crippen molar-refractivity contribution in [1.82, 2.24) is 0 Å². The topological polar surface area (TPSA) is 39.4 Å². The van der Waals surface area contributed by atoms with Gasteiger partial charge in [-0.05, 0) is 25.3 Å². The first-order chi connectivity index (χ1) is 6.72. The predicted molar refractivity (Wildman–Crippen MR) is 54.9 cm³/mol. The predicted octanol–water partition coefficient (Wildman–Crippen LogP) is 2.16. The maximum absolute atomic E-state index is 11.5. The molecule has 0 saturated heterocycles. The van der Waals surface area contributed by atoms with Gasteiger partial charge in [-0.1, -0.05) is 13.8 Å². The second-order valence-corrected chi connectivity index (χ2v) is 3.00. The van der Waals surface area contributed by atoms with Gasteiger partial charge in [0.1, 0.15) is 0 Å². The summed E-state index contributed by atoms with van der Waals surface area (Å²) in [5, 5.41) is 0. The van der Waals surface area contributed by atoms with Crippen LogP contribution in [0.1, 0.15) is 31.9 Å². The highest BCUT2D eigenvalue weighted by atomic mass is 16.6. The molecule has 0 amide bonds. The maximum atomic E-state index is 11.5. The van der Waals surface area contributed by atoms with Gasteiger partial charge in [0.15, 0.2) is 0 Å². The fraction of sp³-hybridized carbons (Fsp3) is 0.545. The van der Waals surface area contributed by atoms with Gasteiger partial charge in [-0.15, -0.1) is 0 Å². The van der Waals surface area contributed by atoms with Crippen LogP contribution < -0.4 is 10.4 Å². The lowest BCUT2D eigenvalue weighted by molar-refractivity contribution is 0.241. The summed E-state index contributed by atoms with van der Waals surface area (Å²) in [6.45, 7) is 6.34. The van der Waals surface area contributed by atoms with Gasteiger partial charge in [-0.25, -0.2) is 4.79 Å². The Hall–Kier alpha value is -1.25. The average molecular weight is 196 g/mol. The second-order valence-electron chi connectivity index (χ2n) is 3.00. The van der Waals surface area contributed by atoms with E-state index >= 15 is 0 Å². The van der Waals surface area contributed by atoms with Gasteiger partial charge < -0.3 is 9.15 Å². The molecule has 0 atom stereocenters. The highest BCUT2D eigenvalue weighted by molar-refractivity contribution is 5.27. The molecular formula is C11H16O3. The van der Waals surface area contributed by atoms with Crippen molar-refractivity contribution in [2.24, 2.45) is 0 Å². The Morgan fingerprint density at radius 1 is 1.29 bits per heavy atom. The van der Waals surface area contributed by atoms with Crippen molar-refractivity contribution in [2.45, 2.75) is 33.6 Å². The van der Waals surface area contributed by atoms with Gasteiger partial charge in [0.25, 0.3) is 5.95 Å². The molecule has 0 fully saturated rings. The minimum Gasteiger partial charge on any atom is -0.465 e. The van der Waals surface area contributed by atoms with Crippen LogP contribution >= 0.6 is 0 Å². The molecule has 1 aromatic heterocycles. The Bertz CT molecular complexity index is 352. The van der Waals surface area contributed by atoms with Crippen molar-refractivity contribution < 1.29 is 9.15 Å². The Labute approximate surface area is 83.7 Å². The zero-order valence-electron chi connectivity index (χ0n) is 8.92. The number of hydrogen-bond donors (Lipinski definition) is 0. The third-order valence-corrected chi connectivity index (χ3v) is 2.14. The summed E-state index contributed by atoms with van der Waals surface area (Å²) >= 11 is 0. The highest BCUT2D eigenvalue weighted by Gasteiger charge is 2.08. The fourth-order valence-corrected chi connectivity index (χ4v) is 1.44. The quantitative estimate of drug-likeness (QED) is 0.740. The smallest absolute Gasteiger partial charge is 0.342 e. The average Bonchev–Trinajstić information content (AvgIpc) is 2.17. The lowest BCUT2D eigenvalue weighted by Gasteiger charge is -2.06. The van der Waals surface area contributed by atoms with Crippen molar-refractivity contribution in [3.05, 3.63) is 27.6 Å². The Balaban J connectivity index is 3.17. The Morgan fingerprint density at radius 2 is 2.00 bits per heavy atom. The van der Waals surface area contributed by atoms with Crippen molar-refractivity contribution in [2.75, 3.05) is 6.61 Å². The number of aryl methyl sites for hydroxylation is 1. The molecule has 0 aliphatic heterocycles. The molecule has 0 N–H and O–H groups in total. The van der Waals surface area contributed by atoms with E-state index in [9.17, 15) is 4.79 Å². The van der Waals surface area contributed by atoms with Crippen LogP contribution in [0.3, 0.4) is 0 Å². The van der Waals surface area contributed by atoms with E-state index in [1.165, 1.54) is 0 Å². The van der Waals surface area contributed by atoms with Crippen LogP contribution in [0, 0.1) is 0 Å². The minimum atomic E-state index is -0.268. The van der Waals surface area contributed by atoms with E-state index in [0.29, 0.717) is 19.0 Å². The number of ether oxygens (including phenoxy) is 1. The van der Waals surface area contributed by atoms with Gasteiger partial charge in [0, 0.05) is 11.6 Å². The first-order valence-corrected chi connectivity index (χ1v) is 5.01. The molecule has 0 bridgehead atoms. The normalized spacial score (nSPS) is 10.2. The molecule has 1 rings (SSSR count). The molecule has 0 aromatic carbocycles. The van der Waals surface area contributed by atoms with E-state index in [1.807, 2.05) is 26.8 Å². The molecule has 3 nitrogen and oxygen atoms in total. The van der Waals surface area contributed by atoms with Crippen LogP contribution in [-0.4, -0.2) is 6.61 Å². The molecule has 3 heteroatoms. The molecule has 78 valence electrons. The summed E-state index contributed by atoms with van der Waals surface area (Å²) in [4.78, 5) is 11.5. The van der Waals surface area contributed by atoms with E-state index in [1.54, 1.807) is 0 Å². The Kier molecular flexibility index (Phi) is 3.74. The molecule has 0 spiro atoms. The van der Waals surface area contributed by atoms with E-state index in [4.69, 9.17) is 9.15 Å². The van der Waals surface area contributed by atoms with E-state index in [-0.39, 0.29) is 5.63 Å². The van der Waals surface area contributed by atoms with Gasteiger partial charge in [-0.3, -0.25) is 0 Å². The van der Waals surface area contributed by atoms with Gasteiger partial charge in [-0.2, -0.15) is 0 Å². The first-order valence-electron chi connectivity index (χ1n) is 5.01. The van der Waals surface area contributed by atoms with Gasteiger partial charge in [0.2, 0.25) is 0 Å². The van der Waals surface area contributed by atoms with Crippen molar-refractivity contribution in [3.8, 4) is 5.95 Å². The second kappa shape index (κ2) is 4.84. The number of hydrogen-bond acceptors (Lipinski definition) is 3. The van der Waals surface area contributed by atoms with Crippen LogP contribution in [0.2, 0.25) is 0 Å².